The molecule has 7 heteroatoms. The van der Waals surface area contributed by atoms with Gasteiger partial charge in [-0.05, 0) is 24.3 Å². The van der Waals surface area contributed by atoms with Crippen LogP contribution in [0.4, 0.5) is 33.3 Å². The molecule has 1 amide bonds. The summed E-state index contributed by atoms with van der Waals surface area (Å²) in [6.07, 6.45) is -5.97. The number of rotatable bonds is 3. The third kappa shape index (κ3) is 2.93. The van der Waals surface area contributed by atoms with Gasteiger partial charge in [0, 0.05) is 11.4 Å². The minimum Gasteiger partial charge on any atom is -0.276 e. The van der Waals surface area contributed by atoms with Crippen LogP contribution in [0.25, 0.3) is 0 Å². The number of nitrogens with zero attached hydrogens (tertiary/aromatic N) is 1. The molecular formula is C15H10F5NO. The summed E-state index contributed by atoms with van der Waals surface area (Å²) in [6.45, 7) is 0. The molecule has 0 saturated carbocycles. The van der Waals surface area contributed by atoms with Crippen LogP contribution in [-0.2, 0) is 4.79 Å². The number of carbonyl (C=O) groups is 1. The second-order valence-electron chi connectivity index (χ2n) is 4.38. The number of carbonyl (C=O) groups excluding carboxylic acids is 1. The van der Waals surface area contributed by atoms with Gasteiger partial charge in [-0.3, -0.25) is 9.69 Å². The van der Waals surface area contributed by atoms with Crippen LogP contribution in [0.2, 0.25) is 0 Å². The summed E-state index contributed by atoms with van der Waals surface area (Å²) >= 11 is 0. The molecule has 0 unspecified atom stereocenters. The highest BCUT2D eigenvalue weighted by Gasteiger charge is 2.65. The van der Waals surface area contributed by atoms with E-state index in [0.29, 0.717) is 4.90 Å². The fraction of sp³-hybridized carbons (Fsp3) is 0.133. The van der Waals surface area contributed by atoms with Gasteiger partial charge in [0.25, 0.3) is 0 Å². The topological polar surface area (TPSA) is 20.3 Å². The molecule has 0 aliphatic heterocycles. The van der Waals surface area contributed by atoms with Crippen molar-refractivity contribution >= 4 is 17.3 Å². The zero-order valence-electron chi connectivity index (χ0n) is 11.0. The van der Waals surface area contributed by atoms with Crippen molar-refractivity contribution in [2.75, 3.05) is 4.90 Å². The Kier molecular flexibility index (Phi) is 4.16. The minimum atomic E-state index is -5.97. The number of halogens is 5. The Balaban J connectivity index is 2.54. The lowest BCUT2D eigenvalue weighted by atomic mass is 10.2. The molecule has 2 aromatic carbocycles. The van der Waals surface area contributed by atoms with Crippen LogP contribution in [-0.4, -0.2) is 18.0 Å². The molecule has 0 aliphatic carbocycles. The smallest absolute Gasteiger partial charge is 0.276 e. The van der Waals surface area contributed by atoms with Gasteiger partial charge in [-0.1, -0.05) is 36.4 Å². The normalized spacial score (nSPS) is 12.0. The first-order valence-electron chi connectivity index (χ1n) is 6.14. The number of hydrogen-bond donors (Lipinski definition) is 0. The maximum absolute atomic E-state index is 13.4. The van der Waals surface area contributed by atoms with Gasteiger partial charge >= 0.3 is 18.0 Å². The molecule has 0 fully saturated rings. The second-order valence-corrected chi connectivity index (χ2v) is 4.38. The number of amides is 1. The summed E-state index contributed by atoms with van der Waals surface area (Å²) in [4.78, 5) is 12.2. The van der Waals surface area contributed by atoms with Crippen LogP contribution in [0.15, 0.2) is 60.7 Å². The largest absolute Gasteiger partial charge is 0.463 e. The number of anilines is 2. The van der Waals surface area contributed by atoms with Crippen molar-refractivity contribution in [1.29, 1.82) is 0 Å². The summed E-state index contributed by atoms with van der Waals surface area (Å²) in [7, 11) is 0. The van der Waals surface area contributed by atoms with Crippen molar-refractivity contribution in [2.45, 2.75) is 12.1 Å². The molecule has 0 atom stereocenters. The quantitative estimate of drug-likeness (QED) is 0.761. The second kappa shape index (κ2) is 5.75. The standard InChI is InChI=1S/C15H10F5NO/c16-14(17,15(18,19)20)13(22)21(11-7-3-1-4-8-11)12-9-5-2-6-10-12/h1-10H. The van der Waals surface area contributed by atoms with Crippen molar-refractivity contribution in [1.82, 2.24) is 0 Å². The summed E-state index contributed by atoms with van der Waals surface area (Å²) in [6, 6.07) is 13.9. The van der Waals surface area contributed by atoms with Crippen LogP contribution in [0.1, 0.15) is 0 Å². The first-order chi connectivity index (χ1) is 10.2. The van der Waals surface area contributed by atoms with Crippen molar-refractivity contribution in [3.05, 3.63) is 60.7 Å². The first-order valence-corrected chi connectivity index (χ1v) is 6.14. The van der Waals surface area contributed by atoms with Gasteiger partial charge in [-0.25, -0.2) is 0 Å². The fourth-order valence-corrected chi connectivity index (χ4v) is 1.80. The summed E-state index contributed by atoms with van der Waals surface area (Å²) in [5, 5.41) is 0. The molecule has 0 bridgehead atoms. The van der Waals surface area contributed by atoms with Gasteiger partial charge < -0.3 is 0 Å². The lowest BCUT2D eigenvalue weighted by Gasteiger charge is -2.28. The Morgan fingerprint density at radius 1 is 0.727 bits per heavy atom. The Morgan fingerprint density at radius 3 is 1.41 bits per heavy atom. The van der Waals surface area contributed by atoms with Gasteiger partial charge in [-0.15, -0.1) is 0 Å². The van der Waals surface area contributed by atoms with Crippen molar-refractivity contribution < 1.29 is 26.7 Å². The highest BCUT2D eigenvalue weighted by atomic mass is 19.4. The maximum atomic E-state index is 13.4. The van der Waals surface area contributed by atoms with E-state index in [-0.39, 0.29) is 11.4 Å². The zero-order valence-corrected chi connectivity index (χ0v) is 11.0. The van der Waals surface area contributed by atoms with E-state index < -0.39 is 18.0 Å². The summed E-state index contributed by atoms with van der Waals surface area (Å²) in [5.41, 5.74) is -0.162. The first kappa shape index (κ1) is 15.9. The van der Waals surface area contributed by atoms with Gasteiger partial charge in [0.15, 0.2) is 0 Å². The Hall–Kier alpha value is -2.44. The predicted molar refractivity (Wildman–Crippen MR) is 71.0 cm³/mol. The lowest BCUT2D eigenvalue weighted by molar-refractivity contribution is -0.268. The predicted octanol–water partition coefficient (Wildman–Crippen LogP) is 4.55. The Morgan fingerprint density at radius 2 is 1.09 bits per heavy atom. The highest BCUT2D eigenvalue weighted by molar-refractivity contribution is 6.04. The van der Waals surface area contributed by atoms with Gasteiger partial charge in [-0.2, -0.15) is 22.0 Å². The molecule has 0 spiro atoms. The average molecular weight is 315 g/mol. The molecular weight excluding hydrogens is 305 g/mol. The van der Waals surface area contributed by atoms with E-state index in [9.17, 15) is 26.7 Å². The Bertz CT molecular complexity index is 600. The molecule has 0 radical (unpaired) electrons. The molecule has 22 heavy (non-hydrogen) atoms. The van der Waals surface area contributed by atoms with Crippen LogP contribution in [0.3, 0.4) is 0 Å². The van der Waals surface area contributed by atoms with Crippen LogP contribution in [0, 0.1) is 0 Å². The van der Waals surface area contributed by atoms with E-state index in [0.717, 1.165) is 0 Å². The molecule has 0 saturated heterocycles. The van der Waals surface area contributed by atoms with Gasteiger partial charge in [0.2, 0.25) is 0 Å². The van der Waals surface area contributed by atoms with E-state index in [2.05, 4.69) is 0 Å². The maximum Gasteiger partial charge on any atom is 0.463 e. The van der Waals surface area contributed by atoms with E-state index in [1.54, 1.807) is 12.1 Å². The van der Waals surface area contributed by atoms with Gasteiger partial charge in [0.05, 0.1) is 0 Å². The third-order valence-electron chi connectivity index (χ3n) is 2.86. The molecule has 2 aromatic rings. The molecule has 0 N–H and O–H groups in total. The van der Waals surface area contributed by atoms with E-state index in [1.807, 2.05) is 0 Å². The molecule has 2 nitrogen and oxygen atoms in total. The SMILES string of the molecule is O=C(N(c1ccccc1)c1ccccc1)C(F)(F)C(F)(F)F. The molecule has 0 aromatic heterocycles. The number of hydrogen-bond acceptors (Lipinski definition) is 1. The highest BCUT2D eigenvalue weighted by Crippen LogP contribution is 2.40. The Labute approximate surface area is 122 Å². The monoisotopic (exact) mass is 315 g/mol. The molecule has 0 heterocycles. The van der Waals surface area contributed by atoms with E-state index in [1.165, 1.54) is 48.5 Å². The van der Waals surface area contributed by atoms with Crippen molar-refractivity contribution in [3.8, 4) is 0 Å². The number of alkyl halides is 5. The van der Waals surface area contributed by atoms with Crippen LogP contribution < -0.4 is 4.90 Å². The van der Waals surface area contributed by atoms with E-state index in [4.69, 9.17) is 0 Å². The third-order valence-corrected chi connectivity index (χ3v) is 2.86. The summed E-state index contributed by atoms with van der Waals surface area (Å²) < 4.78 is 64.3. The molecule has 116 valence electrons. The molecule has 0 aliphatic rings. The minimum absolute atomic E-state index is 0.0809. The van der Waals surface area contributed by atoms with Crippen LogP contribution in [0.5, 0.6) is 0 Å². The number of para-hydroxylation sites is 2. The number of benzene rings is 2. The lowest BCUT2D eigenvalue weighted by Crippen LogP contribution is -2.50. The average Bonchev–Trinajstić information content (AvgIpc) is 2.48. The zero-order chi connectivity index (χ0) is 16.4. The van der Waals surface area contributed by atoms with Crippen LogP contribution >= 0.6 is 0 Å². The fourth-order valence-electron chi connectivity index (χ4n) is 1.80. The van der Waals surface area contributed by atoms with E-state index >= 15 is 0 Å². The van der Waals surface area contributed by atoms with Gasteiger partial charge in [0.1, 0.15) is 0 Å². The van der Waals surface area contributed by atoms with Crippen molar-refractivity contribution in [2.24, 2.45) is 0 Å². The van der Waals surface area contributed by atoms with Crippen molar-refractivity contribution in [3.63, 3.8) is 0 Å². The summed E-state index contributed by atoms with van der Waals surface area (Å²) in [5.74, 6) is -7.84. The molecule has 2 rings (SSSR count).